The number of benzene rings is 1. The van der Waals surface area contributed by atoms with E-state index in [2.05, 4.69) is 5.10 Å². The van der Waals surface area contributed by atoms with E-state index < -0.39 is 0 Å². The van der Waals surface area contributed by atoms with Gasteiger partial charge in [-0.05, 0) is 38.1 Å². The smallest absolute Gasteiger partial charge is 0.168 e. The molecule has 4 nitrogen and oxygen atoms in total. The summed E-state index contributed by atoms with van der Waals surface area (Å²) in [4.78, 5) is 14.4. The highest BCUT2D eigenvalue weighted by molar-refractivity contribution is 6.32. The summed E-state index contributed by atoms with van der Waals surface area (Å²) in [5, 5.41) is 4.93. The van der Waals surface area contributed by atoms with E-state index >= 15 is 0 Å². The molecule has 2 rings (SSSR count). The van der Waals surface area contributed by atoms with E-state index in [0.29, 0.717) is 17.1 Å². The Labute approximate surface area is 130 Å². The van der Waals surface area contributed by atoms with Crippen molar-refractivity contribution in [1.82, 2.24) is 9.78 Å². The highest BCUT2D eigenvalue weighted by Gasteiger charge is 2.17. The normalized spacial score (nSPS) is 10.7. The van der Waals surface area contributed by atoms with E-state index in [1.54, 1.807) is 4.68 Å². The number of aromatic nitrogens is 2. The lowest BCUT2D eigenvalue weighted by Crippen LogP contribution is -2.11. The molecule has 1 heterocycles. The van der Waals surface area contributed by atoms with Gasteiger partial charge in [-0.2, -0.15) is 5.10 Å². The molecule has 0 N–H and O–H groups in total. The van der Waals surface area contributed by atoms with Crippen molar-refractivity contribution in [3.63, 3.8) is 0 Å². The maximum atomic E-state index is 12.4. The van der Waals surface area contributed by atoms with Gasteiger partial charge in [0.25, 0.3) is 0 Å². The molecule has 112 valence electrons. The lowest BCUT2D eigenvalue weighted by Gasteiger charge is -2.12. The molecule has 21 heavy (non-hydrogen) atoms. The number of carbonyl (C=O) groups is 1. The summed E-state index contributed by atoms with van der Waals surface area (Å²) in [5.74, 6) is 0.0526. The van der Waals surface area contributed by atoms with Gasteiger partial charge >= 0.3 is 0 Å². The summed E-state index contributed by atoms with van der Waals surface area (Å²) in [7, 11) is 3.94. The van der Waals surface area contributed by atoms with Crippen LogP contribution in [0.4, 0.5) is 5.69 Å². The predicted octanol–water partition coefficient (Wildman–Crippen LogP) is 3.36. The molecule has 0 saturated heterocycles. The summed E-state index contributed by atoms with van der Waals surface area (Å²) in [6.45, 7) is 4.55. The fourth-order valence-electron chi connectivity index (χ4n) is 2.24. The topological polar surface area (TPSA) is 38.1 Å². The SMILES string of the molecule is CCn1nc(C)c(Cl)c1CC(=O)c1ccc(N(C)C)cc1. The second-order valence-corrected chi connectivity index (χ2v) is 5.58. The van der Waals surface area contributed by atoms with Crippen LogP contribution in [0.15, 0.2) is 24.3 Å². The predicted molar refractivity (Wildman–Crippen MR) is 86.5 cm³/mol. The Hall–Kier alpha value is -1.81. The number of hydrogen-bond donors (Lipinski definition) is 0. The number of rotatable bonds is 5. The lowest BCUT2D eigenvalue weighted by molar-refractivity contribution is 0.0990. The van der Waals surface area contributed by atoms with Gasteiger partial charge in [0.15, 0.2) is 5.78 Å². The third-order valence-corrected chi connectivity index (χ3v) is 3.98. The number of nitrogens with zero attached hydrogens (tertiary/aromatic N) is 3. The maximum absolute atomic E-state index is 12.4. The Bertz CT molecular complexity index is 644. The summed E-state index contributed by atoms with van der Waals surface area (Å²) in [6.07, 6.45) is 0.273. The zero-order valence-corrected chi connectivity index (χ0v) is 13.6. The van der Waals surface area contributed by atoms with Crippen LogP contribution in [0.25, 0.3) is 0 Å². The van der Waals surface area contributed by atoms with Crippen LogP contribution in [0.5, 0.6) is 0 Å². The highest BCUT2D eigenvalue weighted by atomic mass is 35.5. The molecule has 1 aromatic heterocycles. The first-order valence-corrected chi connectivity index (χ1v) is 7.34. The second-order valence-electron chi connectivity index (χ2n) is 5.20. The van der Waals surface area contributed by atoms with Gasteiger partial charge in [0, 0.05) is 31.9 Å². The first-order valence-electron chi connectivity index (χ1n) is 6.96. The monoisotopic (exact) mass is 305 g/mol. The fourth-order valence-corrected chi connectivity index (χ4v) is 2.44. The molecular formula is C16H20ClN3O. The van der Waals surface area contributed by atoms with Gasteiger partial charge in [-0.15, -0.1) is 0 Å². The Morgan fingerprint density at radius 3 is 2.43 bits per heavy atom. The Morgan fingerprint density at radius 2 is 1.90 bits per heavy atom. The zero-order valence-electron chi connectivity index (χ0n) is 12.9. The number of ketones is 1. The van der Waals surface area contributed by atoms with E-state index in [1.807, 2.05) is 57.1 Å². The summed E-state index contributed by atoms with van der Waals surface area (Å²) in [6, 6.07) is 7.59. The molecule has 0 atom stereocenters. The van der Waals surface area contributed by atoms with Crippen molar-refractivity contribution in [3.8, 4) is 0 Å². The van der Waals surface area contributed by atoms with Gasteiger partial charge < -0.3 is 4.90 Å². The van der Waals surface area contributed by atoms with Gasteiger partial charge in [0.1, 0.15) is 0 Å². The van der Waals surface area contributed by atoms with Crippen molar-refractivity contribution in [2.24, 2.45) is 0 Å². The lowest BCUT2D eigenvalue weighted by atomic mass is 10.1. The molecule has 0 radical (unpaired) electrons. The summed E-state index contributed by atoms with van der Waals surface area (Å²) < 4.78 is 1.80. The van der Waals surface area contributed by atoms with Crippen molar-refractivity contribution in [1.29, 1.82) is 0 Å². The quantitative estimate of drug-likeness (QED) is 0.795. The number of hydrogen-bond acceptors (Lipinski definition) is 3. The summed E-state index contributed by atoms with van der Waals surface area (Å²) >= 11 is 6.25. The highest BCUT2D eigenvalue weighted by Crippen LogP contribution is 2.22. The third kappa shape index (κ3) is 3.27. The van der Waals surface area contributed by atoms with Gasteiger partial charge in [0.05, 0.1) is 22.8 Å². The Morgan fingerprint density at radius 1 is 1.29 bits per heavy atom. The Kier molecular flexibility index (Phi) is 4.68. The van der Waals surface area contributed by atoms with Gasteiger partial charge in [-0.3, -0.25) is 9.48 Å². The average Bonchev–Trinajstić information content (AvgIpc) is 2.75. The van der Waals surface area contributed by atoms with Crippen LogP contribution in [0, 0.1) is 6.92 Å². The van der Waals surface area contributed by atoms with E-state index in [0.717, 1.165) is 17.1 Å². The number of anilines is 1. The van der Waals surface area contributed by atoms with E-state index in [-0.39, 0.29) is 12.2 Å². The Balaban J connectivity index is 2.22. The van der Waals surface area contributed by atoms with Crippen LogP contribution in [0.3, 0.4) is 0 Å². The van der Waals surface area contributed by atoms with Gasteiger partial charge in [0.2, 0.25) is 0 Å². The van der Waals surface area contributed by atoms with E-state index in [4.69, 9.17) is 11.6 Å². The molecule has 0 fully saturated rings. The molecule has 5 heteroatoms. The minimum Gasteiger partial charge on any atom is -0.378 e. The fraction of sp³-hybridized carbons (Fsp3) is 0.375. The molecule has 0 aliphatic carbocycles. The molecule has 2 aromatic rings. The average molecular weight is 306 g/mol. The van der Waals surface area contributed by atoms with Crippen LogP contribution >= 0.6 is 11.6 Å². The molecule has 0 amide bonds. The molecule has 1 aromatic carbocycles. The molecule has 0 bridgehead atoms. The molecule has 0 aliphatic heterocycles. The van der Waals surface area contributed by atoms with E-state index in [1.165, 1.54) is 0 Å². The van der Waals surface area contributed by atoms with Crippen LogP contribution in [-0.4, -0.2) is 29.7 Å². The minimum absolute atomic E-state index is 0.0526. The first-order chi connectivity index (χ1) is 9.93. The van der Waals surface area contributed by atoms with Crippen LogP contribution in [0.2, 0.25) is 5.02 Å². The molecule has 0 unspecified atom stereocenters. The molecule has 0 saturated carbocycles. The van der Waals surface area contributed by atoms with Crippen LogP contribution in [-0.2, 0) is 13.0 Å². The van der Waals surface area contributed by atoms with Crippen molar-refractivity contribution in [3.05, 3.63) is 46.2 Å². The largest absolute Gasteiger partial charge is 0.378 e. The maximum Gasteiger partial charge on any atom is 0.168 e. The van der Waals surface area contributed by atoms with Crippen molar-refractivity contribution < 1.29 is 4.79 Å². The van der Waals surface area contributed by atoms with Crippen molar-refractivity contribution in [2.75, 3.05) is 19.0 Å². The van der Waals surface area contributed by atoms with Crippen LogP contribution in [0.1, 0.15) is 28.7 Å². The number of carbonyl (C=O) groups excluding carboxylic acids is 1. The van der Waals surface area contributed by atoms with Gasteiger partial charge in [-0.25, -0.2) is 0 Å². The van der Waals surface area contributed by atoms with Gasteiger partial charge in [-0.1, -0.05) is 11.6 Å². The van der Waals surface area contributed by atoms with Crippen molar-refractivity contribution >= 4 is 23.1 Å². The van der Waals surface area contributed by atoms with E-state index in [9.17, 15) is 4.79 Å². The molecular weight excluding hydrogens is 286 g/mol. The van der Waals surface area contributed by atoms with Crippen molar-refractivity contribution in [2.45, 2.75) is 26.8 Å². The molecule has 0 spiro atoms. The van der Waals surface area contributed by atoms with Crippen LogP contribution < -0.4 is 4.90 Å². The zero-order chi connectivity index (χ0) is 15.6. The first kappa shape index (κ1) is 15.6. The number of halogens is 1. The standard InChI is InChI=1S/C16H20ClN3O/c1-5-20-14(16(17)11(2)18-20)10-15(21)12-6-8-13(9-7-12)19(3)4/h6-9H,5,10H2,1-4H3. The number of Topliss-reactive ketones (excluding diaryl/α,β-unsaturated/α-hetero) is 1. The molecule has 0 aliphatic rings. The summed E-state index contributed by atoms with van der Waals surface area (Å²) in [5.41, 5.74) is 3.32. The number of aryl methyl sites for hydroxylation is 2. The third-order valence-electron chi connectivity index (χ3n) is 3.49. The second kappa shape index (κ2) is 6.31. The minimum atomic E-state index is 0.0526.